The highest BCUT2D eigenvalue weighted by Crippen LogP contribution is 2.23. The zero-order valence-electron chi connectivity index (χ0n) is 13.3. The number of rotatable bonds is 5. The Balaban J connectivity index is 2.18. The Morgan fingerprint density at radius 3 is 2.38 bits per heavy atom. The van der Waals surface area contributed by atoms with Gasteiger partial charge >= 0.3 is 11.9 Å². The molecular formula is C15H16FN3O7. The summed E-state index contributed by atoms with van der Waals surface area (Å²) in [5, 5.41) is 47.2. The molecule has 0 spiro atoms. The third-order valence-corrected chi connectivity index (χ3v) is 3.24. The van der Waals surface area contributed by atoms with Crippen LogP contribution in [0.5, 0.6) is 5.88 Å². The third-order valence-electron chi connectivity index (χ3n) is 3.24. The third kappa shape index (κ3) is 4.22. The molecule has 8 N–H and O–H groups in total. The maximum atomic E-state index is 13.2. The smallest absolute Gasteiger partial charge is 0.410 e. The van der Waals surface area contributed by atoms with E-state index in [0.717, 1.165) is 12.1 Å². The fourth-order valence-electron chi connectivity index (χ4n) is 1.84. The van der Waals surface area contributed by atoms with Gasteiger partial charge in [-0.3, -0.25) is 4.79 Å². The second kappa shape index (κ2) is 6.82. The molecule has 26 heavy (non-hydrogen) atoms. The second-order valence-corrected chi connectivity index (χ2v) is 5.35. The molecule has 2 rings (SSSR count). The van der Waals surface area contributed by atoms with Crippen molar-refractivity contribution in [2.45, 2.75) is 18.9 Å². The van der Waals surface area contributed by atoms with E-state index in [1.165, 1.54) is 25.1 Å². The normalized spacial score (nSPS) is 12.0. The van der Waals surface area contributed by atoms with Crippen LogP contribution in [0.15, 0.2) is 30.3 Å². The van der Waals surface area contributed by atoms with Crippen molar-refractivity contribution in [1.82, 2.24) is 4.98 Å². The molecule has 0 atom stereocenters. The molecule has 0 radical (unpaired) electrons. The van der Waals surface area contributed by atoms with Crippen molar-refractivity contribution in [2.75, 3.05) is 11.1 Å². The van der Waals surface area contributed by atoms with E-state index >= 15 is 0 Å². The molecule has 11 heteroatoms. The summed E-state index contributed by atoms with van der Waals surface area (Å²) in [6.07, 6.45) is 0. The molecule has 1 heterocycles. The number of carbonyl (C=O) groups excluding carboxylic acids is 1. The summed E-state index contributed by atoms with van der Waals surface area (Å²) in [4.78, 5) is 15.8. The van der Waals surface area contributed by atoms with Crippen LogP contribution in [0.3, 0.4) is 0 Å². The molecule has 10 nitrogen and oxygen atoms in total. The molecular weight excluding hydrogens is 353 g/mol. The number of hydrogen-bond donors (Lipinski definition) is 7. The number of nitrogens with two attached hydrogens (primary N) is 1. The number of aromatic nitrogens is 1. The predicted molar refractivity (Wildman–Crippen MR) is 84.9 cm³/mol. The molecule has 0 fully saturated rings. The van der Waals surface area contributed by atoms with Crippen LogP contribution in [-0.4, -0.2) is 48.4 Å². The van der Waals surface area contributed by atoms with Gasteiger partial charge in [-0.1, -0.05) is 0 Å². The lowest BCUT2D eigenvalue weighted by Crippen LogP contribution is -2.58. The van der Waals surface area contributed by atoms with Gasteiger partial charge in [-0.2, -0.15) is 4.98 Å². The van der Waals surface area contributed by atoms with Crippen LogP contribution in [0.2, 0.25) is 0 Å². The Morgan fingerprint density at radius 1 is 1.19 bits per heavy atom. The number of nitrogens with zero attached hydrogens (tertiary/aromatic N) is 1. The summed E-state index contributed by atoms with van der Waals surface area (Å²) in [5.41, 5.74) is 6.10. The van der Waals surface area contributed by atoms with Crippen LogP contribution in [0, 0.1) is 12.7 Å². The summed E-state index contributed by atoms with van der Waals surface area (Å²) in [6.45, 7) is 1.52. The minimum Gasteiger partial charge on any atom is -0.415 e. The van der Waals surface area contributed by atoms with Gasteiger partial charge in [0.1, 0.15) is 11.6 Å². The quantitative estimate of drug-likeness (QED) is 0.326. The van der Waals surface area contributed by atoms with Crippen molar-refractivity contribution >= 4 is 17.4 Å². The number of pyridine rings is 1. The highest BCUT2D eigenvalue weighted by molar-refractivity contribution is 6.07. The molecule has 0 aliphatic heterocycles. The monoisotopic (exact) mass is 369 g/mol. The number of ether oxygens (including phenoxy) is 1. The number of carbonyl (C=O) groups is 1. The number of anilines is 2. The summed E-state index contributed by atoms with van der Waals surface area (Å²) < 4.78 is 17.6. The van der Waals surface area contributed by atoms with Gasteiger partial charge < -0.3 is 41.3 Å². The number of nitrogens with one attached hydrogen (secondary N) is 1. The van der Waals surface area contributed by atoms with Gasteiger partial charge in [0.15, 0.2) is 0 Å². The lowest BCUT2D eigenvalue weighted by molar-refractivity contribution is -0.502. The topological polar surface area (TPSA) is 178 Å². The first kappa shape index (κ1) is 19.5. The molecule has 1 aromatic heterocycles. The predicted octanol–water partition coefficient (Wildman–Crippen LogP) is -0.988. The van der Waals surface area contributed by atoms with Crippen molar-refractivity contribution in [3.05, 3.63) is 47.3 Å². The van der Waals surface area contributed by atoms with E-state index in [1.54, 1.807) is 0 Å². The highest BCUT2D eigenvalue weighted by atomic mass is 19.1. The number of benzene rings is 1. The van der Waals surface area contributed by atoms with E-state index in [-0.39, 0.29) is 5.56 Å². The number of aryl methyl sites for hydroxylation is 1. The Morgan fingerprint density at radius 2 is 1.85 bits per heavy atom. The van der Waals surface area contributed by atoms with E-state index in [1.807, 2.05) is 0 Å². The molecule has 1 aromatic carbocycles. The van der Waals surface area contributed by atoms with Gasteiger partial charge in [-0.15, -0.1) is 0 Å². The molecule has 0 saturated heterocycles. The van der Waals surface area contributed by atoms with Crippen LogP contribution < -0.4 is 15.8 Å². The number of halogens is 1. The molecule has 140 valence electrons. The van der Waals surface area contributed by atoms with Crippen LogP contribution in [-0.2, 0) is 0 Å². The van der Waals surface area contributed by atoms with Crippen molar-refractivity contribution in [1.29, 1.82) is 0 Å². The zero-order chi connectivity index (χ0) is 19.7. The first-order valence-electron chi connectivity index (χ1n) is 7.05. The minimum atomic E-state index is -4.00. The van der Waals surface area contributed by atoms with Gasteiger partial charge in [-0.25, -0.2) is 4.39 Å². The summed E-state index contributed by atoms with van der Waals surface area (Å²) in [5.74, 6) is -9.94. The fraction of sp³-hybridized carbons (Fsp3) is 0.200. The Kier molecular flexibility index (Phi) is 5.11. The summed E-state index contributed by atoms with van der Waals surface area (Å²) >= 11 is 0. The molecule has 0 aliphatic carbocycles. The van der Waals surface area contributed by atoms with E-state index in [9.17, 15) is 19.4 Å². The van der Waals surface area contributed by atoms with Crippen molar-refractivity contribution in [3.8, 4) is 5.88 Å². The van der Waals surface area contributed by atoms with Crippen molar-refractivity contribution < 1.29 is 39.5 Å². The lowest BCUT2D eigenvalue weighted by Gasteiger charge is -2.28. The van der Waals surface area contributed by atoms with E-state index < -0.39 is 35.4 Å². The van der Waals surface area contributed by atoms with Crippen LogP contribution >= 0.6 is 0 Å². The average molecular weight is 369 g/mol. The van der Waals surface area contributed by atoms with Gasteiger partial charge in [0, 0.05) is 11.8 Å². The first-order chi connectivity index (χ1) is 11.9. The SMILES string of the molecule is Cc1cc(NC(=O)c2ccc(OC(O)(O)C(O)(O)O)nc2N)ccc1F. The largest absolute Gasteiger partial charge is 0.415 e. The van der Waals surface area contributed by atoms with Gasteiger partial charge in [0.25, 0.3) is 5.91 Å². The Labute approximate surface area is 145 Å². The average Bonchev–Trinajstić information content (AvgIpc) is 2.49. The zero-order valence-corrected chi connectivity index (χ0v) is 13.3. The number of hydrogen-bond acceptors (Lipinski definition) is 9. The van der Waals surface area contributed by atoms with Gasteiger partial charge in [-0.05, 0) is 36.8 Å². The minimum absolute atomic E-state index is 0.121. The molecule has 2 aromatic rings. The van der Waals surface area contributed by atoms with Crippen LogP contribution in [0.25, 0.3) is 0 Å². The number of aliphatic hydroxyl groups is 5. The summed E-state index contributed by atoms with van der Waals surface area (Å²) in [6, 6.07) is 6.00. The molecule has 1 amide bonds. The lowest BCUT2D eigenvalue weighted by atomic mass is 10.2. The Bertz CT molecular complexity index is 836. The summed E-state index contributed by atoms with van der Waals surface area (Å²) in [7, 11) is 0. The Hall–Kier alpha value is -2.83. The number of nitrogen functional groups attached to an aromatic ring is 1. The molecule has 0 saturated carbocycles. The van der Waals surface area contributed by atoms with Crippen molar-refractivity contribution in [2.24, 2.45) is 0 Å². The fourth-order valence-corrected chi connectivity index (χ4v) is 1.84. The van der Waals surface area contributed by atoms with Crippen molar-refractivity contribution in [3.63, 3.8) is 0 Å². The second-order valence-electron chi connectivity index (χ2n) is 5.35. The number of amides is 1. The highest BCUT2D eigenvalue weighted by Gasteiger charge is 2.50. The van der Waals surface area contributed by atoms with Crippen LogP contribution in [0.4, 0.5) is 15.9 Å². The maximum Gasteiger partial charge on any atom is 0.410 e. The van der Waals surface area contributed by atoms with E-state index in [2.05, 4.69) is 15.0 Å². The van der Waals surface area contributed by atoms with E-state index in [0.29, 0.717) is 11.3 Å². The van der Waals surface area contributed by atoms with E-state index in [4.69, 9.17) is 21.1 Å². The molecule has 0 aliphatic rings. The first-order valence-corrected chi connectivity index (χ1v) is 7.05. The molecule has 0 bridgehead atoms. The standard InChI is InChI=1S/C15H16FN3O7/c1-7-6-8(2-4-10(7)16)18-13(20)9-3-5-11(19-12(9)17)26-15(24,25)14(21,22)23/h2-6,21-25H,1H3,(H2,17,19)(H,18,20). The van der Waals surface area contributed by atoms with Gasteiger partial charge in [0.05, 0.1) is 5.56 Å². The maximum absolute atomic E-state index is 13.2. The van der Waals surface area contributed by atoms with Gasteiger partial charge in [0.2, 0.25) is 5.88 Å². The van der Waals surface area contributed by atoms with Crippen LogP contribution in [0.1, 0.15) is 15.9 Å². The molecule has 0 unspecified atom stereocenters.